The molecule has 0 spiro atoms. The third kappa shape index (κ3) is 2.39. The van der Waals surface area contributed by atoms with Gasteiger partial charge in [-0.05, 0) is 79.6 Å². The molecule has 0 radical (unpaired) electrons. The molecule has 6 heteroatoms. The van der Waals surface area contributed by atoms with Crippen molar-refractivity contribution >= 4 is 79.6 Å². The van der Waals surface area contributed by atoms with E-state index in [2.05, 4.69) is 79.6 Å². The molecule has 0 bridgehead atoms. The fourth-order valence-corrected chi connectivity index (χ4v) is 4.17. The van der Waals surface area contributed by atoms with Crippen LogP contribution < -0.4 is 0 Å². The molecule has 0 aliphatic heterocycles. The van der Waals surface area contributed by atoms with Gasteiger partial charge in [0.2, 0.25) is 0 Å². The fraction of sp³-hybridized carbons (Fsp3) is 0.143. The largest absolute Gasteiger partial charge is 0.392 e. The van der Waals surface area contributed by atoms with Crippen LogP contribution in [0.2, 0.25) is 0 Å². The van der Waals surface area contributed by atoms with Gasteiger partial charge in [0, 0.05) is 27.9 Å². The lowest BCUT2D eigenvalue weighted by Gasteiger charge is -2.11. The van der Waals surface area contributed by atoms with Crippen LogP contribution in [0, 0.1) is 0 Å². The van der Waals surface area contributed by atoms with Crippen molar-refractivity contribution in [2.45, 2.75) is 6.61 Å². The molecule has 0 aliphatic carbocycles. The summed E-state index contributed by atoms with van der Waals surface area (Å²) in [6.45, 7) is -0.0222. The van der Waals surface area contributed by atoms with Gasteiger partial charge in [0.25, 0.3) is 0 Å². The summed E-state index contributed by atoms with van der Waals surface area (Å²) in [4.78, 5) is 0. The Morgan fingerprint density at radius 2 is 1.00 bits per heavy atom. The molecular formula is C7H3Br5O. The molecule has 1 rings (SSSR count). The molecule has 1 aromatic rings. The zero-order valence-electron chi connectivity index (χ0n) is 6.04. The van der Waals surface area contributed by atoms with E-state index in [0.717, 1.165) is 27.9 Å². The predicted octanol–water partition coefficient (Wildman–Crippen LogP) is 4.99. The van der Waals surface area contributed by atoms with Crippen LogP contribution in [0.25, 0.3) is 0 Å². The average Bonchev–Trinajstić information content (AvgIpc) is 2.13. The molecule has 0 heterocycles. The SMILES string of the molecule is OCc1c(Br)c(Br)c(Br)c(Br)c1Br. The second kappa shape index (κ2) is 5.07. The number of aliphatic hydroxyl groups excluding tert-OH is 1. The second-order valence-corrected chi connectivity index (χ2v) is 6.17. The monoisotopic (exact) mass is 498 g/mol. The maximum Gasteiger partial charge on any atom is 0.0704 e. The zero-order chi connectivity index (χ0) is 10.2. The van der Waals surface area contributed by atoms with Gasteiger partial charge in [-0.15, -0.1) is 0 Å². The molecule has 1 N–H and O–H groups in total. The summed E-state index contributed by atoms with van der Waals surface area (Å²) >= 11 is 17.0. The molecule has 13 heavy (non-hydrogen) atoms. The van der Waals surface area contributed by atoms with Crippen molar-refractivity contribution in [3.05, 3.63) is 27.9 Å². The Morgan fingerprint density at radius 3 is 1.31 bits per heavy atom. The smallest absolute Gasteiger partial charge is 0.0704 e. The maximum absolute atomic E-state index is 9.12. The number of hydrogen-bond acceptors (Lipinski definition) is 1. The second-order valence-electron chi connectivity index (χ2n) is 2.21. The summed E-state index contributed by atoms with van der Waals surface area (Å²) in [6.07, 6.45) is 0. The van der Waals surface area contributed by atoms with Crippen molar-refractivity contribution in [1.29, 1.82) is 0 Å². The minimum absolute atomic E-state index is 0.0222. The minimum Gasteiger partial charge on any atom is -0.392 e. The molecule has 0 aromatic heterocycles. The van der Waals surface area contributed by atoms with Crippen molar-refractivity contribution in [2.75, 3.05) is 0 Å². The van der Waals surface area contributed by atoms with E-state index in [1.807, 2.05) is 0 Å². The Labute approximate surface area is 118 Å². The number of hydrogen-bond donors (Lipinski definition) is 1. The van der Waals surface area contributed by atoms with Crippen LogP contribution in [0.4, 0.5) is 0 Å². The topological polar surface area (TPSA) is 20.2 Å². The summed E-state index contributed by atoms with van der Waals surface area (Å²) in [6, 6.07) is 0. The van der Waals surface area contributed by atoms with Crippen LogP contribution in [0.3, 0.4) is 0 Å². The Bertz CT molecular complexity index is 320. The van der Waals surface area contributed by atoms with E-state index in [1.165, 1.54) is 0 Å². The standard InChI is InChI=1S/C7H3Br5O/c8-3-2(1-13)4(9)6(11)7(12)5(3)10/h13H,1H2. The molecule has 0 saturated carbocycles. The first-order chi connectivity index (χ1) is 6.00. The van der Waals surface area contributed by atoms with E-state index in [0.29, 0.717) is 0 Å². The van der Waals surface area contributed by atoms with E-state index in [9.17, 15) is 0 Å². The van der Waals surface area contributed by atoms with Gasteiger partial charge in [0.1, 0.15) is 0 Å². The normalized spacial score (nSPS) is 10.6. The summed E-state index contributed by atoms with van der Waals surface area (Å²) in [5, 5.41) is 9.12. The molecule has 1 nitrogen and oxygen atoms in total. The van der Waals surface area contributed by atoms with Gasteiger partial charge in [-0.2, -0.15) is 0 Å². The molecule has 0 atom stereocenters. The molecule has 0 fully saturated rings. The van der Waals surface area contributed by atoms with Crippen LogP contribution >= 0.6 is 79.6 Å². The summed E-state index contributed by atoms with van der Waals surface area (Å²) in [5.74, 6) is 0. The van der Waals surface area contributed by atoms with Crippen molar-refractivity contribution in [1.82, 2.24) is 0 Å². The Balaban J connectivity index is 3.56. The molecular weight excluding hydrogens is 500 g/mol. The summed E-state index contributed by atoms with van der Waals surface area (Å²) in [5.41, 5.74) is 0.807. The molecule has 0 unspecified atom stereocenters. The van der Waals surface area contributed by atoms with Gasteiger partial charge < -0.3 is 5.11 Å². The first kappa shape index (κ1) is 12.6. The van der Waals surface area contributed by atoms with E-state index >= 15 is 0 Å². The van der Waals surface area contributed by atoms with Gasteiger partial charge in [-0.1, -0.05) is 0 Å². The summed E-state index contributed by atoms with van der Waals surface area (Å²) < 4.78 is 4.36. The molecule has 0 saturated heterocycles. The number of benzene rings is 1. The zero-order valence-corrected chi connectivity index (χ0v) is 14.0. The van der Waals surface area contributed by atoms with E-state index < -0.39 is 0 Å². The van der Waals surface area contributed by atoms with Crippen LogP contribution in [0.1, 0.15) is 5.56 Å². The summed E-state index contributed by atoms with van der Waals surface area (Å²) in [7, 11) is 0. The third-order valence-corrected chi connectivity index (χ3v) is 7.72. The highest BCUT2D eigenvalue weighted by Gasteiger charge is 2.16. The Hall–Kier alpha value is 1.58. The van der Waals surface area contributed by atoms with Gasteiger partial charge in [0.15, 0.2) is 0 Å². The van der Waals surface area contributed by atoms with Crippen molar-refractivity contribution in [2.24, 2.45) is 0 Å². The third-order valence-electron chi connectivity index (χ3n) is 1.46. The van der Waals surface area contributed by atoms with Gasteiger partial charge in [-0.3, -0.25) is 0 Å². The number of aliphatic hydroxyl groups is 1. The molecule has 0 aliphatic rings. The van der Waals surface area contributed by atoms with E-state index in [1.54, 1.807) is 0 Å². The van der Waals surface area contributed by atoms with Crippen molar-refractivity contribution in [3.63, 3.8) is 0 Å². The quantitative estimate of drug-likeness (QED) is 0.424. The lowest BCUT2D eigenvalue weighted by Crippen LogP contribution is -1.91. The van der Waals surface area contributed by atoms with Crippen LogP contribution in [0.15, 0.2) is 22.4 Å². The van der Waals surface area contributed by atoms with E-state index in [-0.39, 0.29) is 6.61 Å². The minimum atomic E-state index is -0.0222. The van der Waals surface area contributed by atoms with E-state index in [4.69, 9.17) is 5.11 Å². The highest BCUT2D eigenvalue weighted by atomic mass is 79.9. The van der Waals surface area contributed by atoms with Crippen molar-refractivity contribution < 1.29 is 5.11 Å². The van der Waals surface area contributed by atoms with Crippen LogP contribution in [-0.2, 0) is 6.61 Å². The van der Waals surface area contributed by atoms with Crippen molar-refractivity contribution in [3.8, 4) is 0 Å². The average molecular weight is 503 g/mol. The molecule has 0 amide bonds. The van der Waals surface area contributed by atoms with Gasteiger partial charge >= 0.3 is 0 Å². The fourth-order valence-electron chi connectivity index (χ4n) is 0.789. The molecule has 1 aromatic carbocycles. The van der Waals surface area contributed by atoms with Gasteiger partial charge in [0.05, 0.1) is 6.61 Å². The lowest BCUT2D eigenvalue weighted by atomic mass is 10.2. The highest BCUT2D eigenvalue weighted by molar-refractivity contribution is 9.15. The maximum atomic E-state index is 9.12. The highest BCUT2D eigenvalue weighted by Crippen LogP contribution is 2.44. The van der Waals surface area contributed by atoms with Gasteiger partial charge in [-0.25, -0.2) is 0 Å². The first-order valence-corrected chi connectivity index (χ1v) is 7.08. The first-order valence-electron chi connectivity index (χ1n) is 3.11. The number of halogens is 5. The Morgan fingerprint density at radius 1 is 0.692 bits per heavy atom. The number of rotatable bonds is 1. The molecule has 72 valence electrons. The predicted molar refractivity (Wildman–Crippen MR) is 70.9 cm³/mol. The lowest BCUT2D eigenvalue weighted by molar-refractivity contribution is 0.280. The van der Waals surface area contributed by atoms with Crippen LogP contribution in [-0.4, -0.2) is 5.11 Å². The van der Waals surface area contributed by atoms with Crippen LogP contribution in [0.5, 0.6) is 0 Å². The Kier molecular flexibility index (Phi) is 4.94.